The van der Waals surface area contributed by atoms with Gasteiger partial charge in [0.05, 0.1) is 0 Å². The first-order valence-electron chi connectivity index (χ1n) is 7.78. The Morgan fingerprint density at radius 2 is 1.87 bits per heavy atom. The Balaban J connectivity index is 2.79. The summed E-state index contributed by atoms with van der Waals surface area (Å²) in [5.74, 6) is -1.03. The summed E-state index contributed by atoms with van der Waals surface area (Å²) >= 11 is 0. The molecule has 5 heteroatoms. The average molecular weight is 321 g/mol. The largest absolute Gasteiger partial charge is 0.483 e. The predicted molar refractivity (Wildman–Crippen MR) is 89.8 cm³/mol. The van der Waals surface area contributed by atoms with Crippen LogP contribution in [0.3, 0.4) is 0 Å². The molecule has 1 aromatic rings. The lowest BCUT2D eigenvalue weighted by molar-refractivity contribution is -0.143. The molecule has 0 radical (unpaired) electrons. The fourth-order valence-electron chi connectivity index (χ4n) is 2.23. The molecule has 0 aliphatic heterocycles. The van der Waals surface area contributed by atoms with Gasteiger partial charge in [0.25, 0.3) is 5.91 Å². The van der Waals surface area contributed by atoms with Crippen LogP contribution in [0.4, 0.5) is 0 Å². The number of hydrogen-bond donors (Lipinski definition) is 2. The van der Waals surface area contributed by atoms with E-state index in [0.29, 0.717) is 5.75 Å². The molecule has 1 amide bonds. The van der Waals surface area contributed by atoms with E-state index in [-0.39, 0.29) is 17.9 Å². The van der Waals surface area contributed by atoms with Gasteiger partial charge in [-0.2, -0.15) is 0 Å². The van der Waals surface area contributed by atoms with E-state index in [2.05, 4.69) is 26.1 Å². The van der Waals surface area contributed by atoms with Gasteiger partial charge >= 0.3 is 5.97 Å². The maximum atomic E-state index is 12.0. The molecular formula is C18H27NO4. The summed E-state index contributed by atoms with van der Waals surface area (Å²) in [6, 6.07) is 4.91. The first-order chi connectivity index (χ1) is 10.5. The molecule has 23 heavy (non-hydrogen) atoms. The molecule has 0 heterocycles. The molecule has 0 spiro atoms. The number of carboxylic acids is 1. The van der Waals surface area contributed by atoms with Gasteiger partial charge in [-0.25, -0.2) is 4.79 Å². The highest BCUT2D eigenvalue weighted by atomic mass is 16.5. The highest BCUT2D eigenvalue weighted by Crippen LogP contribution is 2.32. The second-order valence-electron chi connectivity index (χ2n) is 7.17. The number of amides is 1. The number of rotatable bonds is 6. The highest BCUT2D eigenvalue weighted by Gasteiger charge is 2.24. The highest BCUT2D eigenvalue weighted by molar-refractivity contribution is 5.84. The standard InChI is InChI=1S/C18H27NO4/c1-11(2)16(17(21)22)19-15(20)10-23-14-8-7-12(3)9-13(14)18(4,5)6/h7-9,11,16H,10H2,1-6H3,(H,19,20)(H,21,22)/t16-/m1/s1. The van der Waals surface area contributed by atoms with Gasteiger partial charge in [-0.15, -0.1) is 0 Å². The summed E-state index contributed by atoms with van der Waals surface area (Å²) < 4.78 is 5.64. The van der Waals surface area contributed by atoms with E-state index in [0.717, 1.165) is 11.1 Å². The van der Waals surface area contributed by atoms with Crippen molar-refractivity contribution in [1.29, 1.82) is 0 Å². The van der Waals surface area contributed by atoms with E-state index in [4.69, 9.17) is 9.84 Å². The molecule has 0 saturated carbocycles. The Morgan fingerprint density at radius 3 is 2.35 bits per heavy atom. The summed E-state index contributed by atoms with van der Waals surface area (Å²) in [6.07, 6.45) is 0. The summed E-state index contributed by atoms with van der Waals surface area (Å²) in [6.45, 7) is 11.5. The molecule has 1 atom stereocenters. The summed E-state index contributed by atoms with van der Waals surface area (Å²) in [5, 5.41) is 11.6. The van der Waals surface area contributed by atoms with E-state index >= 15 is 0 Å². The molecule has 0 fully saturated rings. The van der Waals surface area contributed by atoms with Crippen molar-refractivity contribution in [3.63, 3.8) is 0 Å². The van der Waals surface area contributed by atoms with Gasteiger partial charge in [-0.1, -0.05) is 52.3 Å². The van der Waals surface area contributed by atoms with Crippen LogP contribution >= 0.6 is 0 Å². The van der Waals surface area contributed by atoms with Crippen molar-refractivity contribution in [3.05, 3.63) is 29.3 Å². The van der Waals surface area contributed by atoms with Crippen LogP contribution < -0.4 is 10.1 Å². The van der Waals surface area contributed by atoms with Crippen LogP contribution in [0, 0.1) is 12.8 Å². The van der Waals surface area contributed by atoms with Crippen molar-refractivity contribution >= 4 is 11.9 Å². The van der Waals surface area contributed by atoms with Gasteiger partial charge in [0.1, 0.15) is 11.8 Å². The third-order valence-corrected chi connectivity index (χ3v) is 3.55. The number of carbonyl (C=O) groups is 2. The fourth-order valence-corrected chi connectivity index (χ4v) is 2.23. The minimum absolute atomic E-state index is 0.112. The van der Waals surface area contributed by atoms with Crippen LogP contribution in [0.1, 0.15) is 45.7 Å². The van der Waals surface area contributed by atoms with E-state index in [1.165, 1.54) is 0 Å². The SMILES string of the molecule is Cc1ccc(OCC(=O)N[C@@H](C(=O)O)C(C)C)c(C(C)(C)C)c1. The van der Waals surface area contributed by atoms with Gasteiger partial charge in [0.15, 0.2) is 6.61 Å². The predicted octanol–water partition coefficient (Wildman–Crippen LogP) is 2.90. The van der Waals surface area contributed by atoms with Crippen molar-refractivity contribution in [2.75, 3.05) is 6.61 Å². The molecule has 0 unspecified atom stereocenters. The zero-order valence-corrected chi connectivity index (χ0v) is 14.8. The fraction of sp³-hybridized carbons (Fsp3) is 0.556. The Morgan fingerprint density at radius 1 is 1.26 bits per heavy atom. The molecule has 0 aliphatic carbocycles. The van der Waals surface area contributed by atoms with Crippen LogP contribution in [0.5, 0.6) is 5.75 Å². The van der Waals surface area contributed by atoms with E-state index in [1.807, 2.05) is 25.1 Å². The normalized spacial score (nSPS) is 12.8. The minimum Gasteiger partial charge on any atom is -0.483 e. The van der Waals surface area contributed by atoms with Crippen LogP contribution in [0.2, 0.25) is 0 Å². The molecule has 5 nitrogen and oxygen atoms in total. The third-order valence-electron chi connectivity index (χ3n) is 3.55. The second kappa shape index (κ2) is 7.49. The third kappa shape index (κ3) is 5.58. The number of carbonyl (C=O) groups excluding carboxylic acids is 1. The molecule has 0 aromatic heterocycles. The van der Waals surface area contributed by atoms with Crippen LogP contribution in [0.25, 0.3) is 0 Å². The van der Waals surface area contributed by atoms with E-state index in [1.54, 1.807) is 13.8 Å². The zero-order chi connectivity index (χ0) is 17.8. The number of carboxylic acid groups (broad SMARTS) is 1. The van der Waals surface area contributed by atoms with Crippen molar-refractivity contribution in [3.8, 4) is 5.75 Å². The first-order valence-corrected chi connectivity index (χ1v) is 7.78. The molecular weight excluding hydrogens is 294 g/mol. The minimum atomic E-state index is -1.04. The number of aliphatic carboxylic acids is 1. The number of ether oxygens (including phenoxy) is 1. The summed E-state index contributed by atoms with van der Waals surface area (Å²) in [5.41, 5.74) is 2.03. The first kappa shape index (κ1) is 19.0. The molecule has 0 bridgehead atoms. The molecule has 1 rings (SSSR count). The number of hydrogen-bond acceptors (Lipinski definition) is 3. The number of aryl methyl sites for hydroxylation is 1. The lowest BCUT2D eigenvalue weighted by Gasteiger charge is -2.24. The van der Waals surface area contributed by atoms with Crippen molar-refractivity contribution in [2.45, 2.75) is 53.0 Å². The average Bonchev–Trinajstić information content (AvgIpc) is 2.41. The summed E-state index contributed by atoms with van der Waals surface area (Å²) in [4.78, 5) is 23.1. The van der Waals surface area contributed by atoms with Crippen molar-refractivity contribution in [2.24, 2.45) is 5.92 Å². The quantitative estimate of drug-likeness (QED) is 0.845. The molecule has 0 saturated heterocycles. The van der Waals surface area contributed by atoms with E-state index in [9.17, 15) is 9.59 Å². The number of benzene rings is 1. The lowest BCUT2D eigenvalue weighted by atomic mass is 9.85. The van der Waals surface area contributed by atoms with Crippen molar-refractivity contribution < 1.29 is 19.4 Å². The van der Waals surface area contributed by atoms with Crippen LogP contribution in [0.15, 0.2) is 18.2 Å². The Labute approximate surface area is 138 Å². The second-order valence-corrected chi connectivity index (χ2v) is 7.17. The van der Waals surface area contributed by atoms with Crippen molar-refractivity contribution in [1.82, 2.24) is 5.32 Å². The van der Waals surface area contributed by atoms with Gasteiger partial charge in [-0.05, 0) is 29.9 Å². The monoisotopic (exact) mass is 321 g/mol. The summed E-state index contributed by atoms with van der Waals surface area (Å²) in [7, 11) is 0. The number of nitrogens with one attached hydrogen (secondary N) is 1. The van der Waals surface area contributed by atoms with Gasteiger partial charge in [0, 0.05) is 0 Å². The smallest absolute Gasteiger partial charge is 0.326 e. The molecule has 1 aromatic carbocycles. The van der Waals surface area contributed by atoms with E-state index < -0.39 is 17.9 Å². The topological polar surface area (TPSA) is 75.6 Å². The van der Waals surface area contributed by atoms with Crippen LogP contribution in [-0.2, 0) is 15.0 Å². The Hall–Kier alpha value is -2.04. The molecule has 2 N–H and O–H groups in total. The maximum Gasteiger partial charge on any atom is 0.326 e. The van der Waals surface area contributed by atoms with Crippen LogP contribution in [-0.4, -0.2) is 29.6 Å². The zero-order valence-electron chi connectivity index (χ0n) is 14.8. The maximum absolute atomic E-state index is 12.0. The Kier molecular flexibility index (Phi) is 6.19. The van der Waals surface area contributed by atoms with Gasteiger partial charge < -0.3 is 15.2 Å². The van der Waals surface area contributed by atoms with Gasteiger partial charge in [0.2, 0.25) is 0 Å². The lowest BCUT2D eigenvalue weighted by Crippen LogP contribution is -2.46. The molecule has 128 valence electrons. The Bertz CT molecular complexity index is 573. The molecule has 0 aliphatic rings. The van der Waals surface area contributed by atoms with Gasteiger partial charge in [-0.3, -0.25) is 4.79 Å².